The van der Waals surface area contributed by atoms with Crippen LogP contribution in [0.4, 0.5) is 0 Å². The molecule has 0 spiro atoms. The van der Waals surface area contributed by atoms with Crippen LogP contribution in [0.25, 0.3) is 0 Å². The molecule has 0 saturated carbocycles. The number of thioether (sulfide) groups is 1. The zero-order valence-corrected chi connectivity index (χ0v) is 16.5. The molecule has 2 aromatic carbocycles. The Morgan fingerprint density at radius 2 is 1.85 bits per heavy atom. The maximum absolute atomic E-state index is 12.3. The summed E-state index contributed by atoms with van der Waals surface area (Å²) < 4.78 is 0. The second kappa shape index (κ2) is 9.60. The number of carbonyl (C=O) groups is 2. The fourth-order valence-electron chi connectivity index (χ4n) is 3.16. The molecule has 1 aliphatic heterocycles. The molecule has 0 aromatic heterocycles. The third kappa shape index (κ3) is 5.13. The molecule has 1 heterocycles. The molecule has 2 amide bonds. The molecular weight excluding hydrogens is 356 g/mol. The molecule has 142 valence electrons. The minimum absolute atomic E-state index is 0.000582. The van der Waals surface area contributed by atoms with Crippen LogP contribution in [0, 0.1) is 0 Å². The standard InChI is InChI=1S/C22H26N2O2S/c1-2-3-7-14-23-21(26)18-10-12-19(13-11-18)22-24(20(25)16-27-22)15-17-8-5-4-6-9-17/h4-6,8-13,22H,2-3,7,14-16H2,1H3,(H,23,26)/t22-/m0/s1. The molecule has 0 radical (unpaired) electrons. The summed E-state index contributed by atoms with van der Waals surface area (Å²) in [5.74, 6) is 0.623. The van der Waals surface area contributed by atoms with Gasteiger partial charge in [-0.2, -0.15) is 0 Å². The number of hydrogen-bond acceptors (Lipinski definition) is 3. The number of carbonyl (C=O) groups excluding carboxylic acids is 2. The molecule has 3 rings (SSSR count). The Labute approximate surface area is 165 Å². The molecule has 5 heteroatoms. The van der Waals surface area contributed by atoms with Crippen LogP contribution in [0.1, 0.15) is 53.0 Å². The van der Waals surface area contributed by atoms with Gasteiger partial charge in [-0.15, -0.1) is 11.8 Å². The zero-order valence-electron chi connectivity index (χ0n) is 15.7. The topological polar surface area (TPSA) is 49.4 Å². The first-order valence-corrected chi connectivity index (χ1v) is 10.6. The highest BCUT2D eigenvalue weighted by Crippen LogP contribution is 2.39. The lowest BCUT2D eigenvalue weighted by atomic mass is 10.1. The van der Waals surface area contributed by atoms with Crippen molar-refractivity contribution in [1.82, 2.24) is 10.2 Å². The number of unbranched alkanes of at least 4 members (excludes halogenated alkanes) is 2. The van der Waals surface area contributed by atoms with Crippen LogP contribution >= 0.6 is 11.8 Å². The molecule has 0 unspecified atom stereocenters. The van der Waals surface area contributed by atoms with Gasteiger partial charge in [0, 0.05) is 18.7 Å². The number of benzene rings is 2. The number of amides is 2. The quantitative estimate of drug-likeness (QED) is 0.689. The monoisotopic (exact) mass is 382 g/mol. The zero-order chi connectivity index (χ0) is 19.1. The largest absolute Gasteiger partial charge is 0.352 e. The highest BCUT2D eigenvalue weighted by molar-refractivity contribution is 8.00. The van der Waals surface area contributed by atoms with Gasteiger partial charge in [0.1, 0.15) is 5.37 Å². The van der Waals surface area contributed by atoms with E-state index in [1.165, 1.54) is 0 Å². The van der Waals surface area contributed by atoms with Gasteiger partial charge in [0.05, 0.1) is 5.75 Å². The number of nitrogens with zero attached hydrogens (tertiary/aromatic N) is 1. The third-order valence-corrected chi connectivity index (χ3v) is 5.94. The van der Waals surface area contributed by atoms with E-state index in [4.69, 9.17) is 0 Å². The van der Waals surface area contributed by atoms with E-state index in [-0.39, 0.29) is 17.2 Å². The number of rotatable bonds is 8. The molecular formula is C22H26N2O2S. The van der Waals surface area contributed by atoms with Crippen molar-refractivity contribution in [2.45, 2.75) is 38.1 Å². The summed E-state index contributed by atoms with van der Waals surface area (Å²) in [5, 5.41) is 2.96. The molecule has 4 nitrogen and oxygen atoms in total. The van der Waals surface area contributed by atoms with Gasteiger partial charge in [-0.3, -0.25) is 9.59 Å². The van der Waals surface area contributed by atoms with Gasteiger partial charge in [0.15, 0.2) is 0 Å². The van der Waals surface area contributed by atoms with Crippen LogP contribution in [-0.2, 0) is 11.3 Å². The predicted molar refractivity (Wildman–Crippen MR) is 110 cm³/mol. The molecule has 27 heavy (non-hydrogen) atoms. The highest BCUT2D eigenvalue weighted by atomic mass is 32.2. The highest BCUT2D eigenvalue weighted by Gasteiger charge is 2.32. The maximum Gasteiger partial charge on any atom is 0.251 e. The van der Waals surface area contributed by atoms with Crippen molar-refractivity contribution in [2.75, 3.05) is 12.3 Å². The predicted octanol–water partition coefficient (Wildman–Crippen LogP) is 4.38. The van der Waals surface area contributed by atoms with Gasteiger partial charge >= 0.3 is 0 Å². The van der Waals surface area contributed by atoms with E-state index in [0.717, 1.165) is 30.4 Å². The number of hydrogen-bond donors (Lipinski definition) is 1. The van der Waals surface area contributed by atoms with Crippen LogP contribution in [-0.4, -0.2) is 29.0 Å². The Balaban J connectivity index is 1.64. The molecule has 1 saturated heterocycles. The summed E-state index contributed by atoms with van der Waals surface area (Å²) in [6.07, 6.45) is 3.28. The van der Waals surface area contributed by atoms with Crippen molar-refractivity contribution in [1.29, 1.82) is 0 Å². The van der Waals surface area contributed by atoms with E-state index in [2.05, 4.69) is 12.2 Å². The van der Waals surface area contributed by atoms with E-state index in [1.54, 1.807) is 11.8 Å². The summed E-state index contributed by atoms with van der Waals surface area (Å²) >= 11 is 1.64. The summed E-state index contributed by atoms with van der Waals surface area (Å²) in [5.41, 5.74) is 2.85. The van der Waals surface area contributed by atoms with Gasteiger partial charge in [-0.25, -0.2) is 0 Å². The van der Waals surface area contributed by atoms with Crippen molar-refractivity contribution in [3.63, 3.8) is 0 Å². The Morgan fingerprint density at radius 1 is 1.11 bits per heavy atom. The minimum Gasteiger partial charge on any atom is -0.352 e. The molecule has 0 bridgehead atoms. The van der Waals surface area contributed by atoms with Crippen LogP contribution in [0.2, 0.25) is 0 Å². The Hall–Kier alpha value is -2.27. The SMILES string of the molecule is CCCCCNC(=O)c1ccc([C@@H]2SCC(=O)N2Cc2ccccc2)cc1. The summed E-state index contributed by atoms with van der Waals surface area (Å²) in [6, 6.07) is 17.7. The van der Waals surface area contributed by atoms with Crippen molar-refractivity contribution >= 4 is 23.6 Å². The lowest BCUT2D eigenvalue weighted by Crippen LogP contribution is -2.28. The smallest absolute Gasteiger partial charge is 0.251 e. The van der Waals surface area contributed by atoms with Gasteiger partial charge in [-0.05, 0) is 29.7 Å². The summed E-state index contributed by atoms with van der Waals surface area (Å²) in [6.45, 7) is 3.47. The average Bonchev–Trinajstić information content (AvgIpc) is 3.06. The van der Waals surface area contributed by atoms with E-state index in [0.29, 0.717) is 24.4 Å². The van der Waals surface area contributed by atoms with Crippen molar-refractivity contribution in [3.8, 4) is 0 Å². The Bertz CT molecular complexity index is 762. The molecule has 1 fully saturated rings. The first-order valence-electron chi connectivity index (χ1n) is 9.52. The fourth-order valence-corrected chi connectivity index (χ4v) is 4.35. The Morgan fingerprint density at radius 3 is 2.56 bits per heavy atom. The van der Waals surface area contributed by atoms with Crippen LogP contribution in [0.15, 0.2) is 54.6 Å². The lowest BCUT2D eigenvalue weighted by molar-refractivity contribution is -0.128. The maximum atomic E-state index is 12.3. The molecule has 1 atom stereocenters. The van der Waals surface area contributed by atoms with E-state index < -0.39 is 0 Å². The van der Waals surface area contributed by atoms with E-state index in [1.807, 2.05) is 59.5 Å². The first-order chi connectivity index (χ1) is 13.2. The van der Waals surface area contributed by atoms with Crippen LogP contribution in [0.5, 0.6) is 0 Å². The van der Waals surface area contributed by atoms with Gasteiger partial charge in [0.2, 0.25) is 5.91 Å². The van der Waals surface area contributed by atoms with Crippen LogP contribution < -0.4 is 5.32 Å². The van der Waals surface area contributed by atoms with Gasteiger partial charge < -0.3 is 10.2 Å². The average molecular weight is 383 g/mol. The van der Waals surface area contributed by atoms with Crippen molar-refractivity contribution < 1.29 is 9.59 Å². The van der Waals surface area contributed by atoms with Crippen molar-refractivity contribution in [2.24, 2.45) is 0 Å². The van der Waals surface area contributed by atoms with Gasteiger partial charge in [0.25, 0.3) is 5.91 Å². The molecule has 0 aliphatic carbocycles. The third-order valence-electron chi connectivity index (χ3n) is 4.69. The van der Waals surface area contributed by atoms with E-state index >= 15 is 0 Å². The summed E-state index contributed by atoms with van der Waals surface area (Å²) in [4.78, 5) is 26.5. The minimum atomic E-state index is -0.0334. The second-order valence-corrected chi connectivity index (χ2v) is 7.82. The Kier molecular flexibility index (Phi) is 6.93. The summed E-state index contributed by atoms with van der Waals surface area (Å²) in [7, 11) is 0. The first kappa shape index (κ1) is 19.5. The fraction of sp³-hybridized carbons (Fsp3) is 0.364. The lowest BCUT2D eigenvalue weighted by Gasteiger charge is -2.24. The molecule has 1 aliphatic rings. The second-order valence-electron chi connectivity index (χ2n) is 6.76. The van der Waals surface area contributed by atoms with Crippen molar-refractivity contribution in [3.05, 3.63) is 71.3 Å². The molecule has 2 aromatic rings. The van der Waals surface area contributed by atoms with Crippen LogP contribution in [0.3, 0.4) is 0 Å². The van der Waals surface area contributed by atoms with Gasteiger partial charge in [-0.1, -0.05) is 62.2 Å². The molecule has 1 N–H and O–H groups in total. The normalized spacial score (nSPS) is 16.6. The number of nitrogens with one attached hydrogen (secondary N) is 1. The van der Waals surface area contributed by atoms with E-state index in [9.17, 15) is 9.59 Å².